The van der Waals surface area contributed by atoms with Crippen LogP contribution < -0.4 is 10.2 Å². The largest absolute Gasteiger partial charge is 0.376 e. The van der Waals surface area contributed by atoms with Crippen molar-refractivity contribution in [1.82, 2.24) is 15.0 Å². The molecule has 33 heavy (non-hydrogen) atoms. The van der Waals surface area contributed by atoms with Gasteiger partial charge in [0.05, 0.1) is 34.3 Å². The van der Waals surface area contributed by atoms with E-state index < -0.39 is 0 Å². The van der Waals surface area contributed by atoms with Gasteiger partial charge in [0.25, 0.3) is 0 Å². The maximum atomic E-state index is 12.2. The maximum Gasteiger partial charge on any atom is 0.214 e. The molecule has 3 heterocycles. The summed E-state index contributed by atoms with van der Waals surface area (Å²) in [5.74, 6) is 0. The molecule has 1 aliphatic rings. The van der Waals surface area contributed by atoms with Gasteiger partial charge in [0.2, 0.25) is 6.41 Å². The summed E-state index contributed by atoms with van der Waals surface area (Å²) in [5.41, 5.74) is 3.60. The number of para-hydroxylation sites is 1. The first-order valence-corrected chi connectivity index (χ1v) is 12.9. The van der Waals surface area contributed by atoms with Crippen molar-refractivity contribution in [3.05, 3.63) is 47.7 Å². The Hall–Kier alpha value is -2.93. The van der Waals surface area contributed by atoms with Gasteiger partial charge in [-0.2, -0.15) is 0 Å². The predicted octanol–water partition coefficient (Wildman–Crippen LogP) is 7.13. The molecule has 0 radical (unpaired) electrons. The number of carbonyl (C=O) groups excluding carboxylic acids is 1. The number of fused-ring (bicyclic) bond motifs is 2. The second-order valence-corrected chi connectivity index (χ2v) is 8.61. The molecule has 6 nitrogen and oxygen atoms in total. The van der Waals surface area contributed by atoms with Crippen LogP contribution in [0.25, 0.3) is 21.3 Å². The Morgan fingerprint density at radius 1 is 1.12 bits per heavy atom. The van der Waals surface area contributed by atoms with E-state index in [1.165, 1.54) is 24.0 Å². The third-order valence-corrected chi connectivity index (χ3v) is 6.70. The molecule has 176 valence electrons. The van der Waals surface area contributed by atoms with Crippen molar-refractivity contribution in [2.75, 3.05) is 10.2 Å². The number of anilines is 2. The lowest BCUT2D eigenvalue weighted by molar-refractivity contribution is -0.108. The average Bonchev–Trinajstić information content (AvgIpc) is 3.53. The van der Waals surface area contributed by atoms with Crippen LogP contribution in [0.5, 0.6) is 0 Å². The number of aromatic amines is 1. The minimum Gasteiger partial charge on any atom is -0.376 e. The van der Waals surface area contributed by atoms with E-state index in [-0.39, 0.29) is 6.04 Å². The highest BCUT2D eigenvalue weighted by molar-refractivity contribution is 7.18. The summed E-state index contributed by atoms with van der Waals surface area (Å²) in [5, 5.41) is 5.48. The van der Waals surface area contributed by atoms with E-state index in [1.54, 1.807) is 11.3 Å². The second-order valence-electron chi connectivity index (χ2n) is 7.49. The molecule has 0 saturated heterocycles. The predicted molar refractivity (Wildman–Crippen MR) is 141 cm³/mol. The molecular formula is C26H35N5OS. The first kappa shape index (κ1) is 24.7. The Morgan fingerprint density at radius 3 is 2.61 bits per heavy atom. The average molecular weight is 466 g/mol. The van der Waals surface area contributed by atoms with Crippen molar-refractivity contribution < 1.29 is 4.79 Å². The number of hydrogen-bond acceptors (Lipinski definition) is 5. The van der Waals surface area contributed by atoms with E-state index in [2.05, 4.69) is 21.4 Å². The van der Waals surface area contributed by atoms with Gasteiger partial charge in [-0.3, -0.25) is 4.79 Å². The van der Waals surface area contributed by atoms with Crippen LogP contribution >= 0.6 is 11.3 Å². The van der Waals surface area contributed by atoms with E-state index in [0.29, 0.717) is 6.54 Å². The van der Waals surface area contributed by atoms with Crippen LogP contribution in [0, 0.1) is 0 Å². The molecule has 1 saturated carbocycles. The van der Waals surface area contributed by atoms with Crippen LogP contribution in [0.4, 0.5) is 11.4 Å². The number of benzene rings is 1. The molecular weight excluding hydrogens is 430 g/mol. The number of thiazole rings is 1. The molecule has 1 fully saturated rings. The lowest BCUT2D eigenvalue weighted by Gasteiger charge is -2.33. The molecule has 1 amide bonds. The van der Waals surface area contributed by atoms with Gasteiger partial charge in [-0.05, 0) is 31.0 Å². The van der Waals surface area contributed by atoms with Gasteiger partial charge in [-0.25, -0.2) is 9.97 Å². The zero-order chi connectivity index (χ0) is 23.6. The molecule has 0 unspecified atom stereocenters. The lowest BCUT2D eigenvalue weighted by atomic mass is 9.94. The van der Waals surface area contributed by atoms with Crippen molar-refractivity contribution in [2.45, 2.75) is 72.4 Å². The van der Waals surface area contributed by atoms with Gasteiger partial charge in [0.1, 0.15) is 10.7 Å². The molecule has 0 spiro atoms. The summed E-state index contributed by atoms with van der Waals surface area (Å²) in [6.07, 6.45) is 10.4. The molecule has 1 aromatic carbocycles. The van der Waals surface area contributed by atoms with Crippen molar-refractivity contribution in [2.24, 2.45) is 0 Å². The van der Waals surface area contributed by atoms with Crippen LogP contribution in [0.15, 0.2) is 42.7 Å². The number of pyridine rings is 1. The Kier molecular flexibility index (Phi) is 9.24. The van der Waals surface area contributed by atoms with E-state index in [4.69, 9.17) is 4.98 Å². The van der Waals surface area contributed by atoms with Crippen molar-refractivity contribution in [3.63, 3.8) is 0 Å². The number of amides is 1. The fourth-order valence-corrected chi connectivity index (χ4v) is 5.16. The zero-order valence-corrected chi connectivity index (χ0v) is 20.9. The van der Waals surface area contributed by atoms with Crippen LogP contribution in [0.2, 0.25) is 0 Å². The standard InChI is InChI=1S/C22H23N5OS.2C2H6/c28-14-27(15-6-2-1-3-7-15)21-16-10-11-23-22(16)25-12-18(21)24-13-20-26-17-8-4-5-9-19(17)29-20;2*1-2/h4-5,8-12,14-15,24H,1-3,6-7,13H2,(H,23,25);2*1-2H3. The molecule has 3 aromatic heterocycles. The minimum absolute atomic E-state index is 0.241. The van der Waals surface area contributed by atoms with Crippen LogP contribution in [-0.4, -0.2) is 27.4 Å². The maximum absolute atomic E-state index is 12.2. The van der Waals surface area contributed by atoms with E-state index >= 15 is 0 Å². The quantitative estimate of drug-likeness (QED) is 0.297. The third-order valence-electron chi connectivity index (χ3n) is 5.67. The first-order chi connectivity index (χ1) is 16.3. The monoisotopic (exact) mass is 465 g/mol. The summed E-state index contributed by atoms with van der Waals surface area (Å²) in [7, 11) is 0. The number of nitrogens with one attached hydrogen (secondary N) is 2. The highest BCUT2D eigenvalue weighted by Crippen LogP contribution is 2.37. The molecule has 1 aliphatic carbocycles. The topological polar surface area (TPSA) is 73.9 Å². The third kappa shape index (κ3) is 5.53. The SMILES string of the molecule is CC.CC.O=CN(c1c(NCc2nc3ccccc3s2)cnc2[nH]ccc12)C1CCCCC1. The molecule has 7 heteroatoms. The van der Waals surface area contributed by atoms with Crippen LogP contribution in [0.1, 0.15) is 64.8 Å². The van der Waals surface area contributed by atoms with Gasteiger partial charge in [0, 0.05) is 17.6 Å². The summed E-state index contributed by atoms with van der Waals surface area (Å²) in [6.45, 7) is 8.60. The lowest BCUT2D eigenvalue weighted by Crippen LogP contribution is -2.36. The normalized spacial score (nSPS) is 13.6. The van der Waals surface area contributed by atoms with Gasteiger partial charge in [-0.1, -0.05) is 59.1 Å². The minimum atomic E-state index is 0.241. The zero-order valence-electron chi connectivity index (χ0n) is 20.1. The van der Waals surface area contributed by atoms with E-state index in [9.17, 15) is 4.79 Å². The van der Waals surface area contributed by atoms with Gasteiger partial charge in [0.15, 0.2) is 0 Å². The Bertz CT molecular complexity index is 1110. The number of hydrogen-bond donors (Lipinski definition) is 2. The van der Waals surface area contributed by atoms with Crippen molar-refractivity contribution in [3.8, 4) is 0 Å². The molecule has 5 rings (SSSR count). The number of nitrogens with zero attached hydrogens (tertiary/aromatic N) is 3. The van der Waals surface area contributed by atoms with Crippen LogP contribution in [-0.2, 0) is 11.3 Å². The van der Waals surface area contributed by atoms with Gasteiger partial charge >= 0.3 is 0 Å². The number of H-pyrrole nitrogens is 1. The van der Waals surface area contributed by atoms with E-state index in [1.807, 2.05) is 69.3 Å². The molecule has 0 aliphatic heterocycles. The summed E-state index contributed by atoms with van der Waals surface area (Å²) in [4.78, 5) is 26.5. The van der Waals surface area contributed by atoms with Crippen molar-refractivity contribution in [1.29, 1.82) is 0 Å². The van der Waals surface area contributed by atoms with Gasteiger partial charge in [-0.15, -0.1) is 11.3 Å². The highest BCUT2D eigenvalue weighted by atomic mass is 32.1. The van der Waals surface area contributed by atoms with E-state index in [0.717, 1.165) is 52.2 Å². The smallest absolute Gasteiger partial charge is 0.214 e. The second kappa shape index (κ2) is 12.3. The Labute approximate surface area is 200 Å². The summed E-state index contributed by atoms with van der Waals surface area (Å²) in [6, 6.07) is 10.4. The molecule has 0 atom stereocenters. The fraction of sp³-hybridized carbons (Fsp3) is 0.423. The molecule has 4 aromatic rings. The Balaban J connectivity index is 0.000000728. The molecule has 2 N–H and O–H groups in total. The highest BCUT2D eigenvalue weighted by Gasteiger charge is 2.25. The van der Waals surface area contributed by atoms with Crippen LogP contribution in [0.3, 0.4) is 0 Å². The number of aromatic nitrogens is 3. The number of rotatable bonds is 6. The Morgan fingerprint density at radius 2 is 1.88 bits per heavy atom. The summed E-state index contributed by atoms with van der Waals surface area (Å²) >= 11 is 1.69. The summed E-state index contributed by atoms with van der Waals surface area (Å²) < 4.78 is 1.18. The molecule has 0 bridgehead atoms. The fourth-order valence-electron chi connectivity index (χ4n) is 4.25. The first-order valence-electron chi connectivity index (χ1n) is 12.1. The van der Waals surface area contributed by atoms with Gasteiger partial charge < -0.3 is 15.2 Å². The van der Waals surface area contributed by atoms with Crippen molar-refractivity contribution >= 4 is 50.4 Å². The number of carbonyl (C=O) groups is 1.